The van der Waals surface area contributed by atoms with Gasteiger partial charge in [0.2, 0.25) is 5.91 Å². The molecule has 3 nitrogen and oxygen atoms in total. The van der Waals surface area contributed by atoms with Crippen LogP contribution in [-0.4, -0.2) is 18.2 Å². The highest BCUT2D eigenvalue weighted by Gasteiger charge is 2.25. The van der Waals surface area contributed by atoms with Gasteiger partial charge in [-0.15, -0.1) is 0 Å². The molecule has 1 aromatic carbocycles. The van der Waals surface area contributed by atoms with Gasteiger partial charge < -0.3 is 5.32 Å². The average molecular weight is 231 g/mol. The molecular weight excluding hydrogens is 214 g/mol. The zero-order valence-electron chi connectivity index (χ0n) is 10.5. The summed E-state index contributed by atoms with van der Waals surface area (Å²) in [6.45, 7) is 6.29. The molecule has 1 saturated heterocycles. The summed E-state index contributed by atoms with van der Waals surface area (Å²) in [5.74, 6) is 0.461. The number of hydrogen-bond donors (Lipinski definition) is 1. The topological polar surface area (TPSA) is 46.2 Å². The molecule has 1 aliphatic rings. The molecule has 0 aromatic heterocycles. The molecule has 1 heterocycles. The molecule has 0 aliphatic carbocycles. The van der Waals surface area contributed by atoms with E-state index in [4.69, 9.17) is 0 Å². The number of hydrogen-bond acceptors (Lipinski definition) is 2. The maximum absolute atomic E-state index is 11.4. The smallest absolute Gasteiger partial charge is 0.220 e. The van der Waals surface area contributed by atoms with E-state index in [1.807, 2.05) is 26.0 Å². The predicted octanol–water partition coefficient (Wildman–Crippen LogP) is 2.11. The molecular formula is C14H17NO2. The summed E-state index contributed by atoms with van der Waals surface area (Å²) >= 11 is 0. The summed E-state index contributed by atoms with van der Waals surface area (Å²) < 4.78 is 0. The molecule has 1 fully saturated rings. The van der Waals surface area contributed by atoms with Crippen LogP contribution in [0.15, 0.2) is 12.1 Å². The molecule has 1 atom stereocenters. The number of nitrogens with one attached hydrogen (secondary N) is 1. The Morgan fingerprint density at radius 1 is 1.29 bits per heavy atom. The first-order valence-electron chi connectivity index (χ1n) is 5.88. The third kappa shape index (κ3) is 2.09. The molecule has 1 aliphatic heterocycles. The molecule has 0 radical (unpaired) electrons. The van der Waals surface area contributed by atoms with Crippen LogP contribution in [0.5, 0.6) is 0 Å². The van der Waals surface area contributed by atoms with Gasteiger partial charge in [-0.1, -0.05) is 12.1 Å². The van der Waals surface area contributed by atoms with Crippen molar-refractivity contribution in [1.82, 2.24) is 5.32 Å². The molecule has 2 rings (SSSR count). The van der Waals surface area contributed by atoms with Gasteiger partial charge in [-0.3, -0.25) is 9.59 Å². The van der Waals surface area contributed by atoms with E-state index in [0.717, 1.165) is 16.7 Å². The molecule has 90 valence electrons. The first-order chi connectivity index (χ1) is 8.00. The SMILES string of the molecule is CC(=O)c1ccc(C2CNC(=O)C2)c(C)c1C. The van der Waals surface area contributed by atoms with E-state index in [9.17, 15) is 9.59 Å². The maximum atomic E-state index is 11.4. The van der Waals surface area contributed by atoms with E-state index in [1.165, 1.54) is 5.56 Å². The van der Waals surface area contributed by atoms with Gasteiger partial charge in [0.25, 0.3) is 0 Å². The fourth-order valence-corrected chi connectivity index (χ4v) is 2.49. The minimum atomic E-state index is 0.0952. The lowest BCUT2D eigenvalue weighted by molar-refractivity contribution is -0.119. The minimum absolute atomic E-state index is 0.0952. The van der Waals surface area contributed by atoms with Crippen molar-refractivity contribution in [3.8, 4) is 0 Å². The zero-order valence-corrected chi connectivity index (χ0v) is 10.5. The van der Waals surface area contributed by atoms with Crippen LogP contribution in [0.3, 0.4) is 0 Å². The van der Waals surface area contributed by atoms with Crippen LogP contribution in [0.1, 0.15) is 46.3 Å². The van der Waals surface area contributed by atoms with Crippen LogP contribution in [0.2, 0.25) is 0 Å². The van der Waals surface area contributed by atoms with E-state index in [0.29, 0.717) is 13.0 Å². The number of benzene rings is 1. The van der Waals surface area contributed by atoms with E-state index in [1.54, 1.807) is 6.92 Å². The van der Waals surface area contributed by atoms with Crippen LogP contribution >= 0.6 is 0 Å². The molecule has 1 unspecified atom stereocenters. The van der Waals surface area contributed by atoms with Crippen molar-refractivity contribution < 1.29 is 9.59 Å². The lowest BCUT2D eigenvalue weighted by Crippen LogP contribution is -2.14. The van der Waals surface area contributed by atoms with Gasteiger partial charge >= 0.3 is 0 Å². The summed E-state index contributed by atoms with van der Waals surface area (Å²) in [5.41, 5.74) is 4.14. The van der Waals surface area contributed by atoms with Gasteiger partial charge in [-0.05, 0) is 37.5 Å². The highest BCUT2D eigenvalue weighted by atomic mass is 16.1. The predicted molar refractivity (Wildman–Crippen MR) is 66.3 cm³/mol. The van der Waals surface area contributed by atoms with Gasteiger partial charge in [0.15, 0.2) is 5.78 Å². The lowest BCUT2D eigenvalue weighted by atomic mass is 9.88. The van der Waals surface area contributed by atoms with Gasteiger partial charge in [0.05, 0.1) is 0 Å². The second-order valence-corrected chi connectivity index (χ2v) is 4.71. The van der Waals surface area contributed by atoms with Crippen molar-refractivity contribution in [2.45, 2.75) is 33.1 Å². The summed E-state index contributed by atoms with van der Waals surface area (Å²) in [5, 5.41) is 2.85. The van der Waals surface area contributed by atoms with Crippen molar-refractivity contribution in [3.05, 3.63) is 34.4 Å². The van der Waals surface area contributed by atoms with E-state index >= 15 is 0 Å². The van der Waals surface area contributed by atoms with Gasteiger partial charge in [-0.2, -0.15) is 0 Å². The number of rotatable bonds is 2. The Morgan fingerprint density at radius 3 is 2.53 bits per heavy atom. The van der Waals surface area contributed by atoms with E-state index in [-0.39, 0.29) is 17.6 Å². The van der Waals surface area contributed by atoms with Crippen LogP contribution in [-0.2, 0) is 4.79 Å². The Bertz CT molecular complexity index is 491. The molecule has 1 aromatic rings. The number of Topliss-reactive ketones (excluding diaryl/α,β-unsaturated/α-hetero) is 1. The monoisotopic (exact) mass is 231 g/mol. The Labute approximate surface area is 101 Å². The van der Waals surface area contributed by atoms with Crippen molar-refractivity contribution in [2.75, 3.05) is 6.54 Å². The number of ketones is 1. The summed E-state index contributed by atoms with van der Waals surface area (Å²) in [6.07, 6.45) is 0.555. The Kier molecular flexibility index (Phi) is 3.01. The van der Waals surface area contributed by atoms with Gasteiger partial charge in [0.1, 0.15) is 0 Å². The first-order valence-corrected chi connectivity index (χ1v) is 5.88. The number of amides is 1. The van der Waals surface area contributed by atoms with Crippen molar-refractivity contribution in [3.63, 3.8) is 0 Å². The third-order valence-corrected chi connectivity index (χ3v) is 3.63. The quantitative estimate of drug-likeness (QED) is 0.792. The molecule has 0 saturated carbocycles. The largest absolute Gasteiger partial charge is 0.355 e. The molecule has 0 bridgehead atoms. The second-order valence-electron chi connectivity index (χ2n) is 4.71. The van der Waals surface area contributed by atoms with Crippen molar-refractivity contribution in [2.24, 2.45) is 0 Å². The second kappa shape index (κ2) is 4.32. The standard InChI is InChI=1S/C14H17NO2/c1-8-9(2)13(5-4-12(8)10(3)16)11-6-14(17)15-7-11/h4-5,11H,6-7H2,1-3H3,(H,15,17). The fourth-order valence-electron chi connectivity index (χ4n) is 2.49. The van der Waals surface area contributed by atoms with Gasteiger partial charge in [-0.25, -0.2) is 0 Å². The van der Waals surface area contributed by atoms with Crippen LogP contribution in [0, 0.1) is 13.8 Å². The van der Waals surface area contributed by atoms with E-state index in [2.05, 4.69) is 5.32 Å². The summed E-state index contributed by atoms with van der Waals surface area (Å²) in [7, 11) is 0. The average Bonchev–Trinajstić information content (AvgIpc) is 2.68. The highest BCUT2D eigenvalue weighted by molar-refractivity contribution is 5.96. The Morgan fingerprint density at radius 2 is 2.00 bits per heavy atom. The Hall–Kier alpha value is -1.64. The molecule has 1 amide bonds. The van der Waals surface area contributed by atoms with Crippen LogP contribution < -0.4 is 5.32 Å². The number of carbonyl (C=O) groups excluding carboxylic acids is 2. The molecule has 3 heteroatoms. The third-order valence-electron chi connectivity index (χ3n) is 3.63. The van der Waals surface area contributed by atoms with Crippen molar-refractivity contribution in [1.29, 1.82) is 0 Å². The molecule has 0 spiro atoms. The lowest BCUT2D eigenvalue weighted by Gasteiger charge is -2.15. The zero-order chi connectivity index (χ0) is 12.6. The van der Waals surface area contributed by atoms with Crippen LogP contribution in [0.4, 0.5) is 0 Å². The normalized spacial score (nSPS) is 19.2. The summed E-state index contributed by atoms with van der Waals surface area (Å²) in [6, 6.07) is 3.87. The molecule has 17 heavy (non-hydrogen) atoms. The fraction of sp³-hybridized carbons (Fsp3) is 0.429. The summed E-state index contributed by atoms with van der Waals surface area (Å²) in [4.78, 5) is 22.7. The van der Waals surface area contributed by atoms with Crippen molar-refractivity contribution >= 4 is 11.7 Å². The number of carbonyl (C=O) groups is 2. The highest BCUT2D eigenvalue weighted by Crippen LogP contribution is 2.29. The Balaban J connectivity index is 2.40. The molecule has 1 N–H and O–H groups in total. The van der Waals surface area contributed by atoms with Gasteiger partial charge in [0, 0.05) is 24.4 Å². The maximum Gasteiger partial charge on any atom is 0.220 e. The minimum Gasteiger partial charge on any atom is -0.355 e. The van der Waals surface area contributed by atoms with Crippen LogP contribution in [0.25, 0.3) is 0 Å². The van der Waals surface area contributed by atoms with E-state index < -0.39 is 0 Å². The first kappa shape index (κ1) is 11.8.